The second-order valence-corrected chi connectivity index (χ2v) is 9.87. The molecule has 2 aromatic rings. The van der Waals surface area contributed by atoms with Crippen molar-refractivity contribution in [2.24, 2.45) is 10.8 Å². The lowest BCUT2D eigenvalue weighted by atomic mass is 9.89. The van der Waals surface area contributed by atoms with Crippen LogP contribution in [-0.2, 0) is 0 Å². The minimum absolute atomic E-state index is 0.119. The van der Waals surface area contributed by atoms with Gasteiger partial charge in [-0.2, -0.15) is 0 Å². The number of hydrogen-bond donors (Lipinski definition) is 0. The van der Waals surface area contributed by atoms with Crippen LogP contribution in [0.2, 0.25) is 0 Å². The molecule has 0 saturated carbocycles. The minimum Gasteiger partial charge on any atom is -0.486 e. The number of para-hydroxylation sites is 4. The summed E-state index contributed by atoms with van der Waals surface area (Å²) in [7, 11) is 0. The summed E-state index contributed by atoms with van der Waals surface area (Å²) in [6.07, 6.45) is 0.136. The van der Waals surface area contributed by atoms with Crippen LogP contribution in [0.15, 0.2) is 48.5 Å². The van der Waals surface area contributed by atoms with E-state index >= 15 is 0 Å². The van der Waals surface area contributed by atoms with Crippen LogP contribution < -0.4 is 18.9 Å². The van der Waals surface area contributed by atoms with Gasteiger partial charge in [0.1, 0.15) is 25.9 Å². The Morgan fingerprint density at radius 1 is 0.621 bits per heavy atom. The molecule has 1 atom stereocenters. The van der Waals surface area contributed by atoms with Gasteiger partial charge in [-0.3, -0.25) is 0 Å². The summed E-state index contributed by atoms with van der Waals surface area (Å²) in [4.78, 5) is 0. The molecule has 2 aliphatic heterocycles. The third kappa shape index (κ3) is 8.26. The highest BCUT2D eigenvalue weighted by molar-refractivity contribution is 5.41. The lowest BCUT2D eigenvalue weighted by Crippen LogP contribution is -2.39. The van der Waals surface area contributed by atoms with E-state index in [-0.39, 0.29) is 11.5 Å². The van der Waals surface area contributed by atoms with Crippen molar-refractivity contribution in [1.82, 2.24) is 0 Å². The molecule has 160 valence electrons. The van der Waals surface area contributed by atoms with E-state index in [4.69, 9.17) is 18.9 Å². The first-order chi connectivity index (χ1) is 13.5. The molecule has 0 radical (unpaired) electrons. The van der Waals surface area contributed by atoms with Gasteiger partial charge in [-0.25, -0.2) is 0 Å². The summed E-state index contributed by atoms with van der Waals surface area (Å²) < 4.78 is 22.1. The van der Waals surface area contributed by atoms with E-state index in [1.807, 2.05) is 48.5 Å². The predicted octanol–water partition coefficient (Wildman–Crippen LogP) is 6.38. The van der Waals surface area contributed by atoms with Gasteiger partial charge in [0.05, 0.1) is 0 Å². The maximum Gasteiger partial charge on any atom is 0.161 e. The van der Waals surface area contributed by atoms with Gasteiger partial charge in [0.2, 0.25) is 0 Å². The molecule has 2 aromatic carbocycles. The zero-order valence-corrected chi connectivity index (χ0v) is 19.0. The summed E-state index contributed by atoms with van der Waals surface area (Å²) in [5.41, 5.74) is 0.619. The Morgan fingerprint density at radius 3 is 1.41 bits per heavy atom. The van der Waals surface area contributed by atoms with Crippen LogP contribution in [-0.4, -0.2) is 25.9 Å². The number of ether oxygens (including phenoxy) is 4. The van der Waals surface area contributed by atoms with E-state index in [9.17, 15) is 0 Å². The Bertz CT molecular complexity index is 725. The SMILES string of the molecule is CC(C)(C)C.CC(C)(C)C1COc2ccccc2O1.c1ccc2c(c1)OCCO2. The molecule has 0 aliphatic carbocycles. The van der Waals surface area contributed by atoms with E-state index in [0.29, 0.717) is 25.2 Å². The third-order valence-corrected chi connectivity index (χ3v) is 3.92. The van der Waals surface area contributed by atoms with E-state index in [2.05, 4.69) is 48.5 Å². The molecule has 0 N–H and O–H groups in total. The Labute approximate surface area is 176 Å². The molecule has 2 heterocycles. The number of rotatable bonds is 0. The van der Waals surface area contributed by atoms with Gasteiger partial charge < -0.3 is 18.9 Å². The number of hydrogen-bond acceptors (Lipinski definition) is 4. The van der Waals surface area contributed by atoms with Crippen LogP contribution in [0.1, 0.15) is 48.5 Å². The molecule has 4 rings (SSSR count). The van der Waals surface area contributed by atoms with Gasteiger partial charge in [0, 0.05) is 5.41 Å². The molecular formula is C25H36O4. The number of fused-ring (bicyclic) bond motifs is 2. The van der Waals surface area contributed by atoms with Gasteiger partial charge in [0.25, 0.3) is 0 Å². The fourth-order valence-corrected chi connectivity index (χ4v) is 2.44. The molecule has 29 heavy (non-hydrogen) atoms. The summed E-state index contributed by atoms with van der Waals surface area (Å²) in [5, 5.41) is 0. The van der Waals surface area contributed by atoms with Crippen molar-refractivity contribution < 1.29 is 18.9 Å². The van der Waals surface area contributed by atoms with E-state index in [1.54, 1.807) is 0 Å². The topological polar surface area (TPSA) is 36.9 Å². The molecule has 0 fully saturated rings. The fraction of sp³-hybridized carbons (Fsp3) is 0.520. The first-order valence-electron chi connectivity index (χ1n) is 10.3. The highest BCUT2D eigenvalue weighted by Gasteiger charge is 2.31. The van der Waals surface area contributed by atoms with Crippen LogP contribution in [0.25, 0.3) is 0 Å². The molecular weight excluding hydrogens is 364 g/mol. The monoisotopic (exact) mass is 400 g/mol. The Morgan fingerprint density at radius 2 is 1.00 bits per heavy atom. The van der Waals surface area contributed by atoms with Crippen molar-refractivity contribution in [2.45, 2.75) is 54.6 Å². The molecule has 0 aromatic heterocycles. The molecule has 1 unspecified atom stereocenters. The first-order valence-corrected chi connectivity index (χ1v) is 10.3. The first kappa shape index (κ1) is 22.9. The van der Waals surface area contributed by atoms with Gasteiger partial charge in [-0.1, -0.05) is 72.7 Å². The smallest absolute Gasteiger partial charge is 0.161 e. The minimum atomic E-state index is 0.119. The zero-order valence-electron chi connectivity index (χ0n) is 19.0. The summed E-state index contributed by atoms with van der Waals surface area (Å²) in [6.45, 7) is 17.2. The fourth-order valence-electron chi connectivity index (χ4n) is 2.44. The molecule has 0 spiro atoms. The van der Waals surface area contributed by atoms with Crippen molar-refractivity contribution in [1.29, 1.82) is 0 Å². The maximum absolute atomic E-state index is 5.87. The largest absolute Gasteiger partial charge is 0.486 e. The molecule has 2 aliphatic rings. The van der Waals surface area contributed by atoms with Crippen LogP contribution in [0.3, 0.4) is 0 Å². The molecule has 4 heteroatoms. The third-order valence-electron chi connectivity index (χ3n) is 3.92. The van der Waals surface area contributed by atoms with Crippen molar-refractivity contribution >= 4 is 0 Å². The standard InChI is InChI=1S/C12H16O2.C8H8O2.C5H12/c1-12(2,3)11-8-13-9-6-4-5-7-10(9)14-11;1-2-4-8-7(3-1)9-5-6-10-8;1-5(2,3)4/h4-7,11H,8H2,1-3H3;1-4H,5-6H2;1-4H3. The predicted molar refractivity (Wildman–Crippen MR) is 118 cm³/mol. The van der Waals surface area contributed by atoms with Crippen molar-refractivity contribution in [3.8, 4) is 23.0 Å². The van der Waals surface area contributed by atoms with Crippen LogP contribution in [0.4, 0.5) is 0 Å². The Hall–Kier alpha value is -2.36. The van der Waals surface area contributed by atoms with Crippen molar-refractivity contribution in [3.63, 3.8) is 0 Å². The average molecular weight is 401 g/mol. The zero-order chi connectivity index (χ0) is 21.5. The second kappa shape index (κ2) is 9.91. The average Bonchev–Trinajstić information content (AvgIpc) is 2.66. The summed E-state index contributed by atoms with van der Waals surface area (Å²) in [6, 6.07) is 15.5. The highest BCUT2D eigenvalue weighted by Crippen LogP contribution is 2.35. The van der Waals surface area contributed by atoms with Crippen molar-refractivity contribution in [2.75, 3.05) is 19.8 Å². The summed E-state index contributed by atoms with van der Waals surface area (Å²) in [5.74, 6) is 3.43. The van der Waals surface area contributed by atoms with Gasteiger partial charge >= 0.3 is 0 Å². The van der Waals surface area contributed by atoms with E-state index < -0.39 is 0 Å². The highest BCUT2D eigenvalue weighted by atomic mass is 16.6. The molecule has 0 amide bonds. The lowest BCUT2D eigenvalue weighted by molar-refractivity contribution is 0.0163. The number of benzene rings is 2. The van der Waals surface area contributed by atoms with Gasteiger partial charge in [-0.05, 0) is 29.7 Å². The second-order valence-electron chi connectivity index (χ2n) is 9.87. The van der Waals surface area contributed by atoms with Crippen LogP contribution >= 0.6 is 0 Å². The molecule has 0 bridgehead atoms. The maximum atomic E-state index is 5.87. The molecule has 0 saturated heterocycles. The quantitative estimate of drug-likeness (QED) is 0.514. The summed E-state index contributed by atoms with van der Waals surface area (Å²) >= 11 is 0. The van der Waals surface area contributed by atoms with Crippen molar-refractivity contribution in [3.05, 3.63) is 48.5 Å². The Kier molecular flexibility index (Phi) is 7.83. The van der Waals surface area contributed by atoms with Crippen LogP contribution in [0.5, 0.6) is 23.0 Å². The van der Waals surface area contributed by atoms with Crippen LogP contribution in [0, 0.1) is 10.8 Å². The molecule has 4 nitrogen and oxygen atoms in total. The lowest BCUT2D eigenvalue weighted by Gasteiger charge is -2.34. The normalized spacial score (nSPS) is 17.1. The Balaban J connectivity index is 0.000000175. The van der Waals surface area contributed by atoms with Gasteiger partial charge in [0.15, 0.2) is 23.0 Å². The van der Waals surface area contributed by atoms with Gasteiger partial charge in [-0.15, -0.1) is 0 Å². The van der Waals surface area contributed by atoms with E-state index in [1.165, 1.54) is 0 Å². The van der Waals surface area contributed by atoms with E-state index in [0.717, 1.165) is 23.0 Å².